The van der Waals surface area contributed by atoms with Gasteiger partial charge in [0.05, 0.1) is 26.9 Å². The van der Waals surface area contributed by atoms with E-state index in [4.69, 9.17) is 18.9 Å². The number of methoxy groups -OCH3 is 2. The number of rotatable bonds is 10. The number of carbonyl (C=O) groups excluding carboxylic acids is 1. The largest absolute Gasteiger partial charge is 0.497 e. The normalized spacial score (nSPS) is 20.1. The second-order valence-electron chi connectivity index (χ2n) is 9.22. The molecule has 2 atom stereocenters. The predicted octanol–water partition coefficient (Wildman–Crippen LogP) is 1.60. The lowest BCUT2D eigenvalue weighted by Crippen LogP contribution is -2.54. The first-order valence-electron chi connectivity index (χ1n) is 12.5. The lowest BCUT2D eigenvalue weighted by molar-refractivity contribution is -0.0591. The van der Waals surface area contributed by atoms with E-state index in [1.165, 1.54) is 0 Å². The van der Waals surface area contributed by atoms with Crippen molar-refractivity contribution in [1.82, 2.24) is 14.7 Å². The van der Waals surface area contributed by atoms with E-state index in [-0.39, 0.29) is 18.6 Å². The number of amides is 1. The van der Waals surface area contributed by atoms with Crippen molar-refractivity contribution in [1.29, 1.82) is 0 Å². The summed E-state index contributed by atoms with van der Waals surface area (Å²) in [6, 6.07) is 14.6. The van der Waals surface area contributed by atoms with Crippen molar-refractivity contribution in [3.63, 3.8) is 0 Å². The highest BCUT2D eigenvalue weighted by molar-refractivity contribution is 5.94. The van der Waals surface area contributed by atoms with Crippen LogP contribution in [0.5, 0.6) is 17.2 Å². The molecule has 2 aliphatic heterocycles. The van der Waals surface area contributed by atoms with Crippen molar-refractivity contribution in [3.8, 4) is 17.2 Å². The maximum absolute atomic E-state index is 12.9. The Balaban J connectivity index is 1.17. The summed E-state index contributed by atoms with van der Waals surface area (Å²) in [5.41, 5.74) is 0.656. The van der Waals surface area contributed by atoms with Gasteiger partial charge in [-0.3, -0.25) is 14.6 Å². The first-order chi connectivity index (χ1) is 17.5. The average Bonchev–Trinajstić information content (AvgIpc) is 2.92. The SMILES string of the molecule is COc1ccc(OC[C@H](O)CN2CCO[C@H](CN3CCN(C(=O)c4cccc(OC)c4)CC3)C2)cc1. The van der Waals surface area contributed by atoms with Gasteiger partial charge in [-0.15, -0.1) is 0 Å². The van der Waals surface area contributed by atoms with Gasteiger partial charge in [-0.2, -0.15) is 0 Å². The number of aliphatic hydroxyl groups is 1. The Kier molecular flexibility index (Phi) is 9.41. The molecule has 2 heterocycles. The molecule has 1 N–H and O–H groups in total. The number of nitrogens with zero attached hydrogens (tertiary/aromatic N) is 3. The molecule has 4 rings (SSSR count). The number of ether oxygens (including phenoxy) is 4. The number of piperazine rings is 1. The molecule has 2 aliphatic rings. The zero-order valence-electron chi connectivity index (χ0n) is 21.2. The van der Waals surface area contributed by atoms with Gasteiger partial charge in [0, 0.05) is 57.9 Å². The minimum Gasteiger partial charge on any atom is -0.497 e. The Bertz CT molecular complexity index is 964. The third kappa shape index (κ3) is 7.33. The summed E-state index contributed by atoms with van der Waals surface area (Å²) in [4.78, 5) is 19.4. The molecule has 36 heavy (non-hydrogen) atoms. The minimum atomic E-state index is -0.586. The van der Waals surface area contributed by atoms with Crippen LogP contribution in [0, 0.1) is 0 Å². The summed E-state index contributed by atoms with van der Waals surface area (Å²) in [7, 11) is 3.23. The molecular formula is C27H37N3O6. The highest BCUT2D eigenvalue weighted by atomic mass is 16.5. The third-order valence-corrected chi connectivity index (χ3v) is 6.63. The van der Waals surface area contributed by atoms with Gasteiger partial charge < -0.3 is 29.0 Å². The molecule has 0 aromatic heterocycles. The van der Waals surface area contributed by atoms with Crippen molar-refractivity contribution in [2.24, 2.45) is 0 Å². The van der Waals surface area contributed by atoms with Gasteiger partial charge in [0.25, 0.3) is 5.91 Å². The zero-order valence-corrected chi connectivity index (χ0v) is 21.2. The molecule has 0 bridgehead atoms. The monoisotopic (exact) mass is 499 g/mol. The fourth-order valence-corrected chi connectivity index (χ4v) is 4.63. The molecule has 2 aromatic carbocycles. The van der Waals surface area contributed by atoms with E-state index < -0.39 is 6.10 Å². The molecule has 0 aliphatic carbocycles. The van der Waals surface area contributed by atoms with Gasteiger partial charge in [0.2, 0.25) is 0 Å². The fraction of sp³-hybridized carbons (Fsp3) is 0.519. The van der Waals surface area contributed by atoms with Gasteiger partial charge in [-0.25, -0.2) is 0 Å². The first-order valence-corrected chi connectivity index (χ1v) is 12.5. The van der Waals surface area contributed by atoms with Gasteiger partial charge in [-0.1, -0.05) is 6.07 Å². The number of morpholine rings is 1. The number of aliphatic hydroxyl groups excluding tert-OH is 1. The van der Waals surface area contributed by atoms with Gasteiger partial charge >= 0.3 is 0 Å². The first kappa shape index (κ1) is 26.2. The van der Waals surface area contributed by atoms with Gasteiger partial charge in [0.15, 0.2) is 0 Å². The maximum atomic E-state index is 12.9. The Morgan fingerprint density at radius 3 is 2.42 bits per heavy atom. The van der Waals surface area contributed by atoms with Crippen LogP contribution in [0.25, 0.3) is 0 Å². The van der Waals surface area contributed by atoms with Crippen LogP contribution in [-0.2, 0) is 4.74 Å². The van der Waals surface area contributed by atoms with Crippen molar-refractivity contribution >= 4 is 5.91 Å². The molecule has 9 nitrogen and oxygen atoms in total. The molecule has 9 heteroatoms. The van der Waals surface area contributed by atoms with Crippen LogP contribution in [0.2, 0.25) is 0 Å². The van der Waals surface area contributed by atoms with Crippen LogP contribution >= 0.6 is 0 Å². The number of β-amino-alcohol motifs (C(OH)–C–C–N with tert-alkyl or cyclic N) is 1. The van der Waals surface area contributed by atoms with E-state index in [1.54, 1.807) is 20.3 Å². The van der Waals surface area contributed by atoms with E-state index in [0.29, 0.717) is 43.3 Å². The summed E-state index contributed by atoms with van der Waals surface area (Å²) >= 11 is 0. The molecule has 2 fully saturated rings. The van der Waals surface area contributed by atoms with Crippen molar-refractivity contribution in [2.75, 3.05) is 79.8 Å². The molecule has 196 valence electrons. The lowest BCUT2D eigenvalue weighted by atomic mass is 10.1. The summed E-state index contributed by atoms with van der Waals surface area (Å²) in [5, 5.41) is 10.5. The average molecular weight is 500 g/mol. The van der Waals surface area contributed by atoms with E-state index in [0.717, 1.165) is 38.5 Å². The second kappa shape index (κ2) is 12.9. The van der Waals surface area contributed by atoms with Crippen molar-refractivity contribution in [3.05, 3.63) is 54.1 Å². The van der Waals surface area contributed by atoms with Crippen molar-refractivity contribution in [2.45, 2.75) is 12.2 Å². The van der Waals surface area contributed by atoms with E-state index >= 15 is 0 Å². The highest BCUT2D eigenvalue weighted by Crippen LogP contribution is 2.18. The van der Waals surface area contributed by atoms with E-state index in [1.807, 2.05) is 47.4 Å². The summed E-state index contributed by atoms with van der Waals surface area (Å²) in [6.07, 6.45) is -0.508. The van der Waals surface area contributed by atoms with Crippen LogP contribution in [0.1, 0.15) is 10.4 Å². The highest BCUT2D eigenvalue weighted by Gasteiger charge is 2.27. The Hall–Kier alpha value is -2.85. The Labute approximate surface area is 213 Å². The molecular weight excluding hydrogens is 462 g/mol. The summed E-state index contributed by atoms with van der Waals surface area (Å²) < 4.78 is 22.1. The maximum Gasteiger partial charge on any atom is 0.254 e. The molecule has 2 aromatic rings. The molecule has 0 spiro atoms. The number of carbonyl (C=O) groups is 1. The van der Waals surface area contributed by atoms with Crippen LogP contribution in [0.4, 0.5) is 0 Å². The summed E-state index contributed by atoms with van der Waals surface area (Å²) in [5.74, 6) is 2.21. The smallest absolute Gasteiger partial charge is 0.254 e. The standard InChI is InChI=1S/C27H37N3O6/c1-33-23-6-8-24(9-7-23)36-20-22(31)17-29-14-15-35-26(19-29)18-28-10-12-30(13-11-28)27(32)21-4-3-5-25(16-21)34-2/h3-9,16,22,26,31H,10-15,17-20H2,1-2H3/t22-,26-/m1/s1. The Morgan fingerprint density at radius 1 is 0.972 bits per heavy atom. The second-order valence-corrected chi connectivity index (χ2v) is 9.22. The zero-order chi connectivity index (χ0) is 25.3. The van der Waals surface area contributed by atoms with Crippen LogP contribution < -0.4 is 14.2 Å². The number of hydrogen-bond donors (Lipinski definition) is 1. The van der Waals surface area contributed by atoms with E-state index in [2.05, 4.69) is 9.80 Å². The van der Waals surface area contributed by atoms with Gasteiger partial charge in [0.1, 0.15) is 30.0 Å². The lowest BCUT2D eigenvalue weighted by Gasteiger charge is -2.39. The Morgan fingerprint density at radius 2 is 1.69 bits per heavy atom. The quantitative estimate of drug-likeness (QED) is 0.528. The minimum absolute atomic E-state index is 0.0412. The molecule has 0 saturated carbocycles. The topological polar surface area (TPSA) is 83.9 Å². The summed E-state index contributed by atoms with van der Waals surface area (Å²) in [6.45, 7) is 6.79. The molecule has 0 radical (unpaired) electrons. The number of benzene rings is 2. The van der Waals surface area contributed by atoms with Gasteiger partial charge in [-0.05, 0) is 42.5 Å². The predicted molar refractivity (Wildman–Crippen MR) is 136 cm³/mol. The van der Waals surface area contributed by atoms with Crippen molar-refractivity contribution < 1.29 is 28.8 Å². The molecule has 0 unspecified atom stereocenters. The van der Waals surface area contributed by atoms with Crippen LogP contribution in [-0.4, -0.2) is 118 Å². The van der Waals surface area contributed by atoms with Crippen LogP contribution in [0.15, 0.2) is 48.5 Å². The number of hydrogen-bond acceptors (Lipinski definition) is 8. The molecule has 2 saturated heterocycles. The van der Waals surface area contributed by atoms with Crippen LogP contribution in [0.3, 0.4) is 0 Å². The molecule has 1 amide bonds. The van der Waals surface area contributed by atoms with E-state index in [9.17, 15) is 9.90 Å². The third-order valence-electron chi connectivity index (χ3n) is 6.63. The fourth-order valence-electron chi connectivity index (χ4n) is 4.63.